The maximum atomic E-state index is 12.2. The Morgan fingerprint density at radius 1 is 1.19 bits per heavy atom. The van der Waals surface area contributed by atoms with Crippen molar-refractivity contribution in [2.45, 2.75) is 26.2 Å². The number of aryl methyl sites for hydroxylation is 1. The van der Waals surface area contributed by atoms with Gasteiger partial charge in [0.2, 0.25) is 11.8 Å². The van der Waals surface area contributed by atoms with Crippen LogP contribution in [0.25, 0.3) is 0 Å². The zero-order chi connectivity index (χ0) is 18.8. The van der Waals surface area contributed by atoms with E-state index in [4.69, 9.17) is 4.74 Å². The summed E-state index contributed by atoms with van der Waals surface area (Å²) in [6, 6.07) is 3.85. The molecule has 0 unspecified atom stereocenters. The zero-order valence-corrected chi connectivity index (χ0v) is 15.1. The SMILES string of the molecule is CCOC(=O)N1CCN(C(=O)CNC(=O)CCCc2cccnc2)CC1. The smallest absolute Gasteiger partial charge is 0.409 e. The maximum Gasteiger partial charge on any atom is 0.409 e. The van der Waals surface area contributed by atoms with Gasteiger partial charge in [0.05, 0.1) is 13.2 Å². The molecule has 1 saturated heterocycles. The summed E-state index contributed by atoms with van der Waals surface area (Å²) >= 11 is 0. The highest BCUT2D eigenvalue weighted by Crippen LogP contribution is 2.05. The van der Waals surface area contributed by atoms with E-state index in [9.17, 15) is 14.4 Å². The van der Waals surface area contributed by atoms with Crippen LogP contribution in [0.15, 0.2) is 24.5 Å². The van der Waals surface area contributed by atoms with E-state index >= 15 is 0 Å². The van der Waals surface area contributed by atoms with Crippen LogP contribution in [0.5, 0.6) is 0 Å². The molecule has 8 heteroatoms. The fourth-order valence-corrected chi connectivity index (χ4v) is 2.73. The van der Waals surface area contributed by atoms with E-state index in [1.807, 2.05) is 12.1 Å². The number of carbonyl (C=O) groups is 3. The number of nitrogens with one attached hydrogen (secondary N) is 1. The largest absolute Gasteiger partial charge is 0.450 e. The first-order valence-corrected chi connectivity index (χ1v) is 8.95. The molecular weight excluding hydrogens is 336 g/mol. The zero-order valence-electron chi connectivity index (χ0n) is 15.1. The van der Waals surface area contributed by atoms with E-state index in [1.165, 1.54) is 0 Å². The monoisotopic (exact) mass is 362 g/mol. The van der Waals surface area contributed by atoms with Gasteiger partial charge in [0.15, 0.2) is 0 Å². The molecule has 1 fully saturated rings. The molecule has 142 valence electrons. The Morgan fingerprint density at radius 3 is 2.58 bits per heavy atom. The van der Waals surface area contributed by atoms with Crippen molar-refractivity contribution in [1.29, 1.82) is 0 Å². The second-order valence-corrected chi connectivity index (χ2v) is 6.06. The third-order valence-electron chi connectivity index (χ3n) is 4.19. The standard InChI is InChI=1S/C18H26N4O4/c1-2-26-18(25)22-11-9-21(10-12-22)17(24)14-20-16(23)7-3-5-15-6-4-8-19-13-15/h4,6,8,13H,2-3,5,7,9-12,14H2,1H3,(H,20,23). The number of carbonyl (C=O) groups excluding carboxylic acids is 3. The molecule has 0 spiro atoms. The second-order valence-electron chi connectivity index (χ2n) is 6.06. The summed E-state index contributed by atoms with van der Waals surface area (Å²) < 4.78 is 4.95. The van der Waals surface area contributed by atoms with Crippen LogP contribution in [0, 0.1) is 0 Å². The number of piperazine rings is 1. The first kappa shape index (κ1) is 19.7. The molecule has 1 aromatic rings. The van der Waals surface area contributed by atoms with Crippen molar-refractivity contribution in [3.8, 4) is 0 Å². The number of nitrogens with zero attached hydrogens (tertiary/aromatic N) is 3. The Hall–Kier alpha value is -2.64. The predicted octanol–water partition coefficient (Wildman–Crippen LogP) is 0.821. The van der Waals surface area contributed by atoms with Gasteiger partial charge in [0.25, 0.3) is 0 Å². The Bertz CT molecular complexity index is 600. The molecule has 26 heavy (non-hydrogen) atoms. The minimum absolute atomic E-state index is 0.00880. The van der Waals surface area contributed by atoms with E-state index < -0.39 is 0 Å². The molecule has 1 aromatic heterocycles. The van der Waals surface area contributed by atoms with Crippen LogP contribution in [0.4, 0.5) is 4.79 Å². The fourth-order valence-electron chi connectivity index (χ4n) is 2.73. The van der Waals surface area contributed by atoms with Crippen LogP contribution < -0.4 is 5.32 Å². The molecule has 1 aliphatic heterocycles. The molecular formula is C18H26N4O4. The quantitative estimate of drug-likeness (QED) is 0.775. The second kappa shape index (κ2) is 10.4. The molecule has 0 aromatic carbocycles. The lowest BCUT2D eigenvalue weighted by Crippen LogP contribution is -2.52. The Kier molecular flexibility index (Phi) is 7.85. The fraction of sp³-hybridized carbons (Fsp3) is 0.556. The van der Waals surface area contributed by atoms with Crippen molar-refractivity contribution in [1.82, 2.24) is 20.1 Å². The van der Waals surface area contributed by atoms with Crippen molar-refractivity contribution in [2.24, 2.45) is 0 Å². The van der Waals surface area contributed by atoms with Crippen LogP contribution in [0.2, 0.25) is 0 Å². The number of pyridine rings is 1. The Balaban J connectivity index is 1.61. The molecule has 0 saturated carbocycles. The van der Waals surface area contributed by atoms with Gasteiger partial charge >= 0.3 is 6.09 Å². The molecule has 0 aliphatic carbocycles. The first-order valence-electron chi connectivity index (χ1n) is 8.95. The van der Waals surface area contributed by atoms with Crippen molar-refractivity contribution in [3.63, 3.8) is 0 Å². The average molecular weight is 362 g/mol. The van der Waals surface area contributed by atoms with Gasteiger partial charge in [-0.05, 0) is 31.4 Å². The van der Waals surface area contributed by atoms with Crippen LogP contribution in [-0.4, -0.2) is 72.0 Å². The summed E-state index contributed by atoms with van der Waals surface area (Å²) in [4.78, 5) is 43.0. The summed E-state index contributed by atoms with van der Waals surface area (Å²) in [6.45, 7) is 3.89. The highest BCUT2D eigenvalue weighted by molar-refractivity contribution is 5.84. The Morgan fingerprint density at radius 2 is 1.92 bits per heavy atom. The third-order valence-corrected chi connectivity index (χ3v) is 4.19. The van der Waals surface area contributed by atoms with Gasteiger partial charge in [0.1, 0.15) is 0 Å². The average Bonchev–Trinajstić information content (AvgIpc) is 2.67. The predicted molar refractivity (Wildman–Crippen MR) is 95.4 cm³/mol. The van der Waals surface area contributed by atoms with Crippen LogP contribution in [-0.2, 0) is 20.7 Å². The van der Waals surface area contributed by atoms with Gasteiger partial charge in [-0.1, -0.05) is 6.07 Å². The van der Waals surface area contributed by atoms with Crippen molar-refractivity contribution < 1.29 is 19.1 Å². The number of rotatable bonds is 7. The summed E-state index contributed by atoms with van der Waals surface area (Å²) in [5.41, 5.74) is 1.09. The van der Waals surface area contributed by atoms with Crippen LogP contribution in [0.3, 0.4) is 0 Å². The topological polar surface area (TPSA) is 91.8 Å². The molecule has 1 N–H and O–H groups in total. The summed E-state index contributed by atoms with van der Waals surface area (Å²) in [7, 11) is 0. The molecule has 0 radical (unpaired) electrons. The molecule has 0 atom stereocenters. The van der Waals surface area contributed by atoms with E-state index in [-0.39, 0.29) is 24.5 Å². The minimum Gasteiger partial charge on any atom is -0.450 e. The van der Waals surface area contributed by atoms with Gasteiger partial charge in [-0.15, -0.1) is 0 Å². The van der Waals surface area contributed by atoms with Crippen LogP contribution in [0.1, 0.15) is 25.3 Å². The van der Waals surface area contributed by atoms with Gasteiger partial charge in [-0.2, -0.15) is 0 Å². The summed E-state index contributed by atoms with van der Waals surface area (Å²) in [5, 5.41) is 2.67. The summed E-state index contributed by atoms with van der Waals surface area (Å²) in [5.74, 6) is -0.262. The molecule has 3 amide bonds. The van der Waals surface area contributed by atoms with E-state index in [0.29, 0.717) is 45.6 Å². The van der Waals surface area contributed by atoms with Gasteiger partial charge < -0.3 is 19.9 Å². The normalized spacial score (nSPS) is 14.0. The summed E-state index contributed by atoms with van der Waals surface area (Å²) in [6.07, 6.45) is 5.03. The Labute approximate surface area is 153 Å². The lowest BCUT2D eigenvalue weighted by atomic mass is 10.1. The van der Waals surface area contributed by atoms with Crippen LogP contribution >= 0.6 is 0 Å². The molecule has 0 bridgehead atoms. The van der Waals surface area contributed by atoms with E-state index in [1.54, 1.807) is 29.1 Å². The highest BCUT2D eigenvalue weighted by Gasteiger charge is 2.24. The van der Waals surface area contributed by atoms with Crippen molar-refractivity contribution >= 4 is 17.9 Å². The van der Waals surface area contributed by atoms with Crippen molar-refractivity contribution in [3.05, 3.63) is 30.1 Å². The van der Waals surface area contributed by atoms with Crippen molar-refractivity contribution in [2.75, 3.05) is 39.3 Å². The van der Waals surface area contributed by atoms with Gasteiger partial charge in [-0.25, -0.2) is 4.79 Å². The van der Waals surface area contributed by atoms with E-state index in [2.05, 4.69) is 10.3 Å². The van der Waals surface area contributed by atoms with E-state index in [0.717, 1.165) is 12.0 Å². The maximum absolute atomic E-state index is 12.2. The minimum atomic E-state index is -0.346. The lowest BCUT2D eigenvalue weighted by molar-refractivity contribution is -0.134. The van der Waals surface area contributed by atoms with Gasteiger partial charge in [0, 0.05) is 45.0 Å². The molecule has 8 nitrogen and oxygen atoms in total. The number of hydrogen-bond donors (Lipinski definition) is 1. The highest BCUT2D eigenvalue weighted by atomic mass is 16.6. The number of hydrogen-bond acceptors (Lipinski definition) is 5. The number of amides is 3. The third kappa shape index (κ3) is 6.34. The lowest BCUT2D eigenvalue weighted by Gasteiger charge is -2.34. The molecule has 2 heterocycles. The molecule has 1 aliphatic rings. The first-order chi connectivity index (χ1) is 12.6. The van der Waals surface area contributed by atoms with Gasteiger partial charge in [-0.3, -0.25) is 14.6 Å². The number of ether oxygens (including phenoxy) is 1. The number of aromatic nitrogens is 1. The molecule has 2 rings (SSSR count).